The maximum Gasteiger partial charge on any atom is 0.232 e. The summed E-state index contributed by atoms with van der Waals surface area (Å²) in [6, 6.07) is 11.0. The van der Waals surface area contributed by atoms with Crippen molar-refractivity contribution in [3.8, 4) is 11.5 Å². The Bertz CT molecular complexity index is 869. The third-order valence-corrected chi connectivity index (χ3v) is 4.87. The Kier molecular flexibility index (Phi) is 5.82. The minimum absolute atomic E-state index is 0.124. The number of hydrogen-bond donors (Lipinski definition) is 0. The first kappa shape index (κ1) is 19.7. The van der Waals surface area contributed by atoms with Crippen LogP contribution in [0.2, 0.25) is 0 Å². The Morgan fingerprint density at radius 1 is 1.14 bits per heavy atom. The van der Waals surface area contributed by atoms with Crippen molar-refractivity contribution in [2.45, 2.75) is 13.3 Å². The van der Waals surface area contributed by atoms with Crippen LogP contribution in [0.15, 0.2) is 42.5 Å². The molecule has 3 rings (SSSR count). The van der Waals surface area contributed by atoms with E-state index in [-0.39, 0.29) is 30.6 Å². The fraction of sp³-hybridized carbons (Fsp3) is 0.333. The Morgan fingerprint density at radius 2 is 1.82 bits per heavy atom. The molecule has 6 nitrogen and oxygen atoms in total. The normalized spacial score (nSPS) is 16.2. The molecule has 0 spiro atoms. The van der Waals surface area contributed by atoms with Gasteiger partial charge in [0.15, 0.2) is 11.5 Å². The average molecular weight is 386 g/mol. The number of hydrogen-bond acceptors (Lipinski definition) is 4. The van der Waals surface area contributed by atoms with Crippen molar-refractivity contribution in [1.82, 2.24) is 0 Å². The smallest absolute Gasteiger partial charge is 0.232 e. The SMILES string of the molecule is CCN(C(=O)[C@H]1CC(=O)N(c2ccc(OC)c(OC)c2)C1)c1ccc(F)cc1. The molecule has 1 aliphatic rings. The zero-order valence-corrected chi connectivity index (χ0v) is 16.1. The molecule has 0 N–H and O–H groups in total. The summed E-state index contributed by atoms with van der Waals surface area (Å²) < 4.78 is 23.7. The van der Waals surface area contributed by atoms with Gasteiger partial charge in [0.25, 0.3) is 0 Å². The molecule has 0 aromatic heterocycles. The number of ether oxygens (including phenoxy) is 2. The van der Waals surface area contributed by atoms with Crippen molar-refractivity contribution < 1.29 is 23.5 Å². The lowest BCUT2D eigenvalue weighted by Crippen LogP contribution is -2.37. The first-order valence-electron chi connectivity index (χ1n) is 9.07. The van der Waals surface area contributed by atoms with Crippen molar-refractivity contribution >= 4 is 23.2 Å². The third-order valence-electron chi connectivity index (χ3n) is 4.87. The fourth-order valence-corrected chi connectivity index (χ4v) is 3.42. The number of rotatable bonds is 6. The van der Waals surface area contributed by atoms with Gasteiger partial charge >= 0.3 is 0 Å². The summed E-state index contributed by atoms with van der Waals surface area (Å²) in [5, 5.41) is 0. The predicted molar refractivity (Wildman–Crippen MR) is 104 cm³/mol. The first-order valence-corrected chi connectivity index (χ1v) is 9.07. The van der Waals surface area contributed by atoms with Gasteiger partial charge < -0.3 is 19.3 Å². The molecule has 148 valence electrons. The highest BCUT2D eigenvalue weighted by Gasteiger charge is 2.37. The van der Waals surface area contributed by atoms with E-state index in [1.807, 2.05) is 6.92 Å². The number of carbonyl (C=O) groups is 2. The number of carbonyl (C=O) groups excluding carboxylic acids is 2. The molecule has 2 aromatic carbocycles. The maximum absolute atomic E-state index is 13.2. The molecule has 0 saturated carbocycles. The highest BCUT2D eigenvalue weighted by atomic mass is 19.1. The summed E-state index contributed by atoms with van der Waals surface area (Å²) in [6.07, 6.45) is 0.130. The number of anilines is 2. The van der Waals surface area contributed by atoms with E-state index in [9.17, 15) is 14.0 Å². The zero-order chi connectivity index (χ0) is 20.3. The van der Waals surface area contributed by atoms with Gasteiger partial charge in [-0.2, -0.15) is 0 Å². The van der Waals surface area contributed by atoms with Crippen LogP contribution < -0.4 is 19.3 Å². The monoisotopic (exact) mass is 386 g/mol. The van der Waals surface area contributed by atoms with Crippen molar-refractivity contribution in [2.75, 3.05) is 37.1 Å². The number of methoxy groups -OCH3 is 2. The van der Waals surface area contributed by atoms with Crippen LogP contribution in [0.25, 0.3) is 0 Å². The van der Waals surface area contributed by atoms with E-state index in [1.165, 1.54) is 19.2 Å². The molecule has 2 aromatic rings. The van der Waals surface area contributed by atoms with Crippen LogP contribution >= 0.6 is 0 Å². The molecule has 1 heterocycles. The molecule has 1 fully saturated rings. The summed E-state index contributed by atoms with van der Waals surface area (Å²) in [5.74, 6) is -0.0113. The largest absolute Gasteiger partial charge is 0.493 e. The van der Waals surface area contributed by atoms with Gasteiger partial charge in [-0.25, -0.2) is 4.39 Å². The third kappa shape index (κ3) is 3.78. The molecule has 7 heteroatoms. The molecular weight excluding hydrogens is 363 g/mol. The Balaban J connectivity index is 1.79. The van der Waals surface area contributed by atoms with Gasteiger partial charge in [0.05, 0.1) is 20.1 Å². The van der Waals surface area contributed by atoms with Gasteiger partial charge in [0, 0.05) is 37.0 Å². The van der Waals surface area contributed by atoms with Gasteiger partial charge in [-0.05, 0) is 43.3 Å². The second-order valence-electron chi connectivity index (χ2n) is 6.50. The van der Waals surface area contributed by atoms with Crippen LogP contribution in [0.5, 0.6) is 11.5 Å². The highest BCUT2D eigenvalue weighted by molar-refractivity contribution is 6.04. The lowest BCUT2D eigenvalue weighted by atomic mass is 10.1. The zero-order valence-electron chi connectivity index (χ0n) is 16.1. The van der Waals surface area contributed by atoms with Crippen molar-refractivity contribution in [2.24, 2.45) is 5.92 Å². The molecule has 28 heavy (non-hydrogen) atoms. The van der Waals surface area contributed by atoms with Gasteiger partial charge in [0.1, 0.15) is 5.82 Å². The van der Waals surface area contributed by atoms with E-state index >= 15 is 0 Å². The minimum atomic E-state index is -0.467. The first-order chi connectivity index (χ1) is 13.5. The van der Waals surface area contributed by atoms with Gasteiger partial charge in [0.2, 0.25) is 11.8 Å². The molecule has 0 aliphatic carbocycles. The number of benzene rings is 2. The van der Waals surface area contributed by atoms with Crippen LogP contribution in [-0.2, 0) is 9.59 Å². The fourth-order valence-electron chi connectivity index (χ4n) is 3.42. The van der Waals surface area contributed by atoms with Crippen molar-refractivity contribution in [3.63, 3.8) is 0 Å². The Hall–Kier alpha value is -3.09. The number of amides is 2. The van der Waals surface area contributed by atoms with E-state index in [0.29, 0.717) is 29.4 Å². The van der Waals surface area contributed by atoms with E-state index < -0.39 is 5.92 Å². The van der Waals surface area contributed by atoms with E-state index in [0.717, 1.165) is 0 Å². The molecule has 1 saturated heterocycles. The summed E-state index contributed by atoms with van der Waals surface area (Å²) in [5.41, 5.74) is 1.27. The molecule has 0 bridgehead atoms. The summed E-state index contributed by atoms with van der Waals surface area (Å²) >= 11 is 0. The predicted octanol–water partition coefficient (Wildman–Crippen LogP) is 3.25. The topological polar surface area (TPSA) is 59.1 Å². The molecule has 0 radical (unpaired) electrons. The lowest BCUT2D eigenvalue weighted by Gasteiger charge is -2.24. The van der Waals surface area contributed by atoms with E-state index in [1.54, 1.807) is 47.2 Å². The van der Waals surface area contributed by atoms with Crippen LogP contribution in [0.1, 0.15) is 13.3 Å². The van der Waals surface area contributed by atoms with Crippen LogP contribution in [-0.4, -0.2) is 39.1 Å². The molecule has 0 unspecified atom stereocenters. The molecule has 1 atom stereocenters. The van der Waals surface area contributed by atoms with Gasteiger partial charge in [-0.3, -0.25) is 9.59 Å². The average Bonchev–Trinajstić information content (AvgIpc) is 3.11. The van der Waals surface area contributed by atoms with E-state index in [2.05, 4.69) is 0 Å². The standard InChI is InChI=1S/C21H23FN2O4/c1-4-23(16-7-5-15(22)6-8-16)21(26)14-11-20(25)24(13-14)17-9-10-18(27-2)19(12-17)28-3/h5-10,12,14H,4,11,13H2,1-3H3/t14-/m0/s1. The Labute approximate surface area is 163 Å². The summed E-state index contributed by atoms with van der Waals surface area (Å²) in [6.45, 7) is 2.57. The second kappa shape index (κ2) is 8.29. The van der Waals surface area contributed by atoms with Crippen LogP contribution in [0, 0.1) is 11.7 Å². The summed E-state index contributed by atoms with van der Waals surface area (Å²) in [4.78, 5) is 28.8. The van der Waals surface area contributed by atoms with E-state index in [4.69, 9.17) is 9.47 Å². The van der Waals surface area contributed by atoms with Crippen molar-refractivity contribution in [3.05, 3.63) is 48.3 Å². The minimum Gasteiger partial charge on any atom is -0.493 e. The van der Waals surface area contributed by atoms with Crippen LogP contribution in [0.3, 0.4) is 0 Å². The maximum atomic E-state index is 13.2. The molecular formula is C21H23FN2O4. The highest BCUT2D eigenvalue weighted by Crippen LogP contribution is 2.34. The van der Waals surface area contributed by atoms with Gasteiger partial charge in [-0.1, -0.05) is 0 Å². The second-order valence-corrected chi connectivity index (χ2v) is 6.50. The lowest BCUT2D eigenvalue weighted by molar-refractivity contribution is -0.124. The number of halogens is 1. The quantitative estimate of drug-likeness (QED) is 0.765. The molecule has 1 aliphatic heterocycles. The van der Waals surface area contributed by atoms with Gasteiger partial charge in [-0.15, -0.1) is 0 Å². The number of nitrogens with zero attached hydrogens (tertiary/aromatic N) is 2. The van der Waals surface area contributed by atoms with Crippen molar-refractivity contribution in [1.29, 1.82) is 0 Å². The van der Waals surface area contributed by atoms with Crippen LogP contribution in [0.4, 0.5) is 15.8 Å². The summed E-state index contributed by atoms with van der Waals surface area (Å²) in [7, 11) is 3.07. The Morgan fingerprint density at radius 3 is 2.43 bits per heavy atom. The molecule has 2 amide bonds.